The average Bonchev–Trinajstić information content (AvgIpc) is 2.71. The smallest absolute Gasteiger partial charge is 0.125 e. The maximum absolute atomic E-state index is 5.07. The quantitative estimate of drug-likeness (QED) is 0.537. The fourth-order valence-electron chi connectivity index (χ4n) is 0.940. The molecule has 1 aliphatic rings. The summed E-state index contributed by atoms with van der Waals surface area (Å²) < 4.78 is 5.07. The van der Waals surface area contributed by atoms with Gasteiger partial charge in [0.25, 0.3) is 0 Å². The lowest BCUT2D eigenvalue weighted by Gasteiger charge is -1.96. The number of rotatable bonds is 1. The van der Waals surface area contributed by atoms with Gasteiger partial charge in [-0.3, -0.25) is 9.97 Å². The van der Waals surface area contributed by atoms with E-state index in [1.807, 2.05) is 6.92 Å². The summed E-state index contributed by atoms with van der Waals surface area (Å²) in [6, 6.07) is 0. The van der Waals surface area contributed by atoms with Gasteiger partial charge in [-0.25, -0.2) is 0 Å². The Morgan fingerprint density at radius 1 is 1.50 bits per heavy atom. The van der Waals surface area contributed by atoms with Gasteiger partial charge in [0, 0.05) is 12.4 Å². The summed E-state index contributed by atoms with van der Waals surface area (Å²) in [6.45, 7) is 2.75. The third kappa shape index (κ3) is 0.885. The molecule has 1 atom stereocenters. The van der Waals surface area contributed by atoms with Crippen molar-refractivity contribution in [2.45, 2.75) is 13.0 Å². The van der Waals surface area contributed by atoms with Gasteiger partial charge < -0.3 is 4.74 Å². The second kappa shape index (κ2) is 2.02. The summed E-state index contributed by atoms with van der Waals surface area (Å²) in [5.41, 5.74) is 1.97. The number of aryl methyl sites for hydroxylation is 1. The van der Waals surface area contributed by atoms with Crippen molar-refractivity contribution in [3.8, 4) is 0 Å². The molecule has 1 saturated heterocycles. The Bertz CT molecular complexity index is 245. The molecular formula is C7H8N2O. The number of nitrogens with zero attached hydrogens (tertiary/aromatic N) is 2. The number of aromatic nitrogens is 2. The van der Waals surface area contributed by atoms with Crippen LogP contribution in [-0.4, -0.2) is 16.6 Å². The minimum Gasteiger partial charge on any atom is -0.366 e. The number of ether oxygens (including phenoxy) is 1. The molecule has 0 spiro atoms. The Labute approximate surface area is 59.1 Å². The van der Waals surface area contributed by atoms with E-state index in [1.165, 1.54) is 0 Å². The van der Waals surface area contributed by atoms with Crippen LogP contribution in [0, 0.1) is 6.92 Å². The molecule has 0 aromatic carbocycles. The van der Waals surface area contributed by atoms with E-state index in [2.05, 4.69) is 9.97 Å². The first-order valence-corrected chi connectivity index (χ1v) is 3.27. The standard InChI is InChI=1S/C7H8N2O/c1-5-7(6-4-10-6)9-3-2-8-5/h2-3,6H,4H2,1H3/t6-/m0/s1. The van der Waals surface area contributed by atoms with Crippen molar-refractivity contribution in [2.75, 3.05) is 6.61 Å². The molecule has 52 valence electrons. The molecule has 1 fully saturated rings. The van der Waals surface area contributed by atoms with Crippen LogP contribution in [0.15, 0.2) is 12.4 Å². The first-order valence-electron chi connectivity index (χ1n) is 3.27. The highest BCUT2D eigenvalue weighted by molar-refractivity contribution is 5.14. The second-order valence-corrected chi connectivity index (χ2v) is 2.35. The van der Waals surface area contributed by atoms with Crippen LogP contribution in [0.3, 0.4) is 0 Å². The highest BCUT2D eigenvalue weighted by atomic mass is 16.6. The van der Waals surface area contributed by atoms with Gasteiger partial charge in [0.15, 0.2) is 0 Å². The predicted molar refractivity (Wildman–Crippen MR) is 35.5 cm³/mol. The maximum atomic E-state index is 5.07. The van der Waals surface area contributed by atoms with Crippen LogP contribution < -0.4 is 0 Å². The van der Waals surface area contributed by atoms with Crippen molar-refractivity contribution in [2.24, 2.45) is 0 Å². The van der Waals surface area contributed by atoms with Crippen LogP contribution in [0.25, 0.3) is 0 Å². The van der Waals surface area contributed by atoms with Gasteiger partial charge in [-0.1, -0.05) is 0 Å². The molecule has 3 nitrogen and oxygen atoms in total. The Hall–Kier alpha value is -0.960. The molecule has 0 amide bonds. The first-order chi connectivity index (χ1) is 4.88. The predicted octanol–water partition coefficient (Wildman–Crippen LogP) is 0.856. The van der Waals surface area contributed by atoms with Crippen molar-refractivity contribution in [1.82, 2.24) is 9.97 Å². The minimum atomic E-state index is 0.230. The molecule has 3 heteroatoms. The summed E-state index contributed by atoms with van der Waals surface area (Å²) in [5.74, 6) is 0. The van der Waals surface area contributed by atoms with E-state index in [1.54, 1.807) is 12.4 Å². The summed E-state index contributed by atoms with van der Waals surface area (Å²) in [4.78, 5) is 8.25. The van der Waals surface area contributed by atoms with Gasteiger partial charge in [-0.2, -0.15) is 0 Å². The molecule has 10 heavy (non-hydrogen) atoms. The maximum Gasteiger partial charge on any atom is 0.125 e. The lowest BCUT2D eigenvalue weighted by molar-refractivity contribution is 0.410. The van der Waals surface area contributed by atoms with Crippen molar-refractivity contribution < 1.29 is 4.74 Å². The molecule has 1 aromatic heterocycles. The molecule has 0 aliphatic carbocycles. The van der Waals surface area contributed by atoms with Crippen molar-refractivity contribution in [3.63, 3.8) is 0 Å². The largest absolute Gasteiger partial charge is 0.366 e. The van der Waals surface area contributed by atoms with Gasteiger partial charge in [0.2, 0.25) is 0 Å². The van der Waals surface area contributed by atoms with Crippen molar-refractivity contribution in [3.05, 3.63) is 23.8 Å². The highest BCUT2D eigenvalue weighted by Crippen LogP contribution is 2.28. The number of epoxide rings is 1. The van der Waals surface area contributed by atoms with Gasteiger partial charge in [-0.05, 0) is 6.92 Å². The van der Waals surface area contributed by atoms with Crippen LogP contribution >= 0.6 is 0 Å². The normalized spacial score (nSPS) is 22.7. The summed E-state index contributed by atoms with van der Waals surface area (Å²) in [6.07, 6.45) is 3.62. The average molecular weight is 136 g/mol. The van der Waals surface area contributed by atoms with Crippen LogP contribution in [0.5, 0.6) is 0 Å². The lowest BCUT2D eigenvalue weighted by Crippen LogP contribution is -1.93. The van der Waals surface area contributed by atoms with E-state index < -0.39 is 0 Å². The van der Waals surface area contributed by atoms with Gasteiger partial charge in [-0.15, -0.1) is 0 Å². The fraction of sp³-hybridized carbons (Fsp3) is 0.429. The summed E-state index contributed by atoms with van der Waals surface area (Å²) >= 11 is 0. The Morgan fingerprint density at radius 3 is 2.80 bits per heavy atom. The molecule has 0 saturated carbocycles. The SMILES string of the molecule is Cc1nccnc1[C@@H]1CO1. The molecular weight excluding hydrogens is 128 g/mol. The third-order valence-electron chi connectivity index (χ3n) is 1.56. The van der Waals surface area contributed by atoms with Crippen molar-refractivity contribution in [1.29, 1.82) is 0 Å². The van der Waals surface area contributed by atoms with Crippen LogP contribution in [-0.2, 0) is 4.74 Å². The third-order valence-corrected chi connectivity index (χ3v) is 1.56. The monoisotopic (exact) mass is 136 g/mol. The molecule has 2 heterocycles. The zero-order valence-electron chi connectivity index (χ0n) is 5.74. The van der Waals surface area contributed by atoms with Gasteiger partial charge in [0.05, 0.1) is 18.0 Å². The second-order valence-electron chi connectivity index (χ2n) is 2.35. The van der Waals surface area contributed by atoms with E-state index in [9.17, 15) is 0 Å². The molecule has 0 bridgehead atoms. The topological polar surface area (TPSA) is 38.3 Å². The number of hydrogen-bond donors (Lipinski definition) is 0. The zero-order chi connectivity index (χ0) is 6.97. The summed E-state index contributed by atoms with van der Waals surface area (Å²) in [5, 5.41) is 0. The van der Waals surface area contributed by atoms with E-state index in [4.69, 9.17) is 4.74 Å². The first kappa shape index (κ1) is 5.80. The highest BCUT2D eigenvalue weighted by Gasteiger charge is 2.27. The van der Waals surface area contributed by atoms with E-state index in [0.717, 1.165) is 18.0 Å². The van der Waals surface area contributed by atoms with E-state index >= 15 is 0 Å². The Balaban J connectivity index is 2.39. The molecule has 0 radical (unpaired) electrons. The van der Waals surface area contributed by atoms with Crippen LogP contribution in [0.1, 0.15) is 17.5 Å². The van der Waals surface area contributed by atoms with Crippen LogP contribution in [0.4, 0.5) is 0 Å². The van der Waals surface area contributed by atoms with Gasteiger partial charge >= 0.3 is 0 Å². The lowest BCUT2D eigenvalue weighted by atomic mass is 10.2. The minimum absolute atomic E-state index is 0.230. The molecule has 0 N–H and O–H groups in total. The van der Waals surface area contributed by atoms with Gasteiger partial charge in [0.1, 0.15) is 6.10 Å². The van der Waals surface area contributed by atoms with Crippen LogP contribution in [0.2, 0.25) is 0 Å². The van der Waals surface area contributed by atoms with E-state index in [0.29, 0.717) is 0 Å². The Morgan fingerprint density at radius 2 is 2.20 bits per heavy atom. The molecule has 1 aromatic rings. The van der Waals surface area contributed by atoms with E-state index in [-0.39, 0.29) is 6.10 Å². The van der Waals surface area contributed by atoms with Crippen molar-refractivity contribution >= 4 is 0 Å². The molecule has 2 rings (SSSR count). The number of hydrogen-bond acceptors (Lipinski definition) is 3. The Kier molecular flexibility index (Phi) is 1.17. The molecule has 1 aliphatic heterocycles. The molecule has 0 unspecified atom stereocenters. The zero-order valence-corrected chi connectivity index (χ0v) is 5.74. The fourth-order valence-corrected chi connectivity index (χ4v) is 0.940. The summed E-state index contributed by atoms with van der Waals surface area (Å²) in [7, 11) is 0.